The van der Waals surface area contributed by atoms with Crippen molar-refractivity contribution in [1.82, 2.24) is 10.2 Å². The highest BCUT2D eigenvalue weighted by molar-refractivity contribution is 8.00. The van der Waals surface area contributed by atoms with Crippen molar-refractivity contribution in [1.29, 1.82) is 0 Å². The number of carbonyl (C=O) groups is 2. The number of β-amino-alcohol motifs (C(OH)–C–C–N with tert-alkyl or cyclic N) is 2. The number of carbonyl (C=O) groups excluding carboxylic acids is 2. The Kier molecular flexibility index (Phi) is 8.61. The quantitative estimate of drug-likeness (QED) is 0.312. The summed E-state index contributed by atoms with van der Waals surface area (Å²) in [6.45, 7) is 6.27. The minimum atomic E-state index is -1.62. The molecule has 0 radical (unpaired) electrons. The van der Waals surface area contributed by atoms with Gasteiger partial charge in [-0.2, -0.15) is 0 Å². The number of benzene rings is 2. The zero-order valence-electron chi connectivity index (χ0n) is 20.4. The van der Waals surface area contributed by atoms with Crippen molar-refractivity contribution in [3.63, 3.8) is 0 Å². The fraction of sp³-hybridized carbons (Fsp3) is 0.385. The number of aliphatic hydroxyl groups excluding tert-OH is 2. The van der Waals surface area contributed by atoms with Crippen molar-refractivity contribution < 1.29 is 33.0 Å². The third-order valence-corrected chi connectivity index (χ3v) is 8.41. The van der Waals surface area contributed by atoms with E-state index in [0.29, 0.717) is 34.9 Å². The van der Waals surface area contributed by atoms with Crippen molar-refractivity contribution in [3.8, 4) is 0 Å². The first kappa shape index (κ1) is 28.3. The monoisotopic (exact) mass is 569 g/mol. The second-order valence-electron chi connectivity index (χ2n) is 9.64. The number of nitrogens with one attached hydrogen (secondary N) is 2. The smallest absolute Gasteiger partial charge is 0.318 e. The fourth-order valence-electron chi connectivity index (χ4n) is 4.70. The van der Waals surface area contributed by atoms with E-state index in [-0.39, 0.29) is 47.6 Å². The molecule has 0 aromatic heterocycles. The maximum Gasteiger partial charge on any atom is 0.318 e. The summed E-state index contributed by atoms with van der Waals surface area (Å²) in [4.78, 5) is 27.3. The number of nitrogens with zero attached hydrogens (tertiary/aromatic N) is 1. The second-order valence-corrected chi connectivity index (χ2v) is 11.4. The Hall–Kier alpha value is -2.73. The molecule has 3 unspecified atom stereocenters. The average Bonchev–Trinajstić information content (AvgIpc) is 3.19. The number of amides is 3. The van der Waals surface area contributed by atoms with E-state index >= 15 is 0 Å². The standard InChI is InChI=1S/C26H27ClF3N3O4S/c1-12-5-16(6-13(2)24(12)32-26(37)33-10-20(34)21(35)11-33)38-22-7-14(3-4-17(22)27)25(36)31-15-8-18(28)23(30)19(29)9-15/h3-4,7-9,13,16,20-21,24,34-35H,1,5-6,10-11H2,2H3,(H,31,36)(H,32,37)/t13?,16-,20?,21?,24+/m0/s1. The van der Waals surface area contributed by atoms with Gasteiger partial charge in [0.15, 0.2) is 17.5 Å². The third-order valence-electron chi connectivity index (χ3n) is 6.69. The van der Waals surface area contributed by atoms with Crippen LogP contribution in [0.1, 0.15) is 30.1 Å². The number of urea groups is 1. The molecule has 1 saturated heterocycles. The van der Waals surface area contributed by atoms with Crippen LogP contribution in [0, 0.1) is 23.4 Å². The molecule has 2 aromatic carbocycles. The van der Waals surface area contributed by atoms with Crippen LogP contribution in [0.25, 0.3) is 0 Å². The zero-order chi connectivity index (χ0) is 27.7. The number of likely N-dealkylation sites (tertiary alicyclic amines) is 1. The molecule has 2 aliphatic rings. The molecule has 1 aliphatic heterocycles. The van der Waals surface area contributed by atoms with E-state index in [4.69, 9.17) is 11.6 Å². The minimum absolute atomic E-state index is 0.0312. The summed E-state index contributed by atoms with van der Waals surface area (Å²) in [5.41, 5.74) is 0.795. The van der Waals surface area contributed by atoms with Gasteiger partial charge in [-0.15, -0.1) is 11.8 Å². The highest BCUT2D eigenvalue weighted by atomic mass is 35.5. The van der Waals surface area contributed by atoms with Crippen LogP contribution in [0.5, 0.6) is 0 Å². The molecule has 38 heavy (non-hydrogen) atoms. The number of hydrogen-bond acceptors (Lipinski definition) is 5. The molecule has 204 valence electrons. The lowest BCUT2D eigenvalue weighted by molar-refractivity contribution is 0.0572. The van der Waals surface area contributed by atoms with Crippen molar-refractivity contribution in [2.45, 2.75) is 48.2 Å². The molecule has 1 aliphatic carbocycles. The molecule has 4 N–H and O–H groups in total. The Morgan fingerprint density at radius 1 is 1.11 bits per heavy atom. The maximum atomic E-state index is 13.5. The molecule has 1 heterocycles. The van der Waals surface area contributed by atoms with E-state index in [0.717, 1.165) is 5.57 Å². The van der Waals surface area contributed by atoms with Crippen molar-refractivity contribution in [2.75, 3.05) is 18.4 Å². The Balaban J connectivity index is 1.39. The molecule has 3 amide bonds. The van der Waals surface area contributed by atoms with E-state index in [1.807, 2.05) is 6.92 Å². The Morgan fingerprint density at radius 2 is 1.74 bits per heavy atom. The number of thioether (sulfide) groups is 1. The molecular formula is C26H27ClF3N3O4S. The van der Waals surface area contributed by atoms with Crippen LogP contribution in [0.4, 0.5) is 23.7 Å². The highest BCUT2D eigenvalue weighted by Crippen LogP contribution is 2.41. The first-order chi connectivity index (χ1) is 17.9. The second kappa shape index (κ2) is 11.6. The summed E-state index contributed by atoms with van der Waals surface area (Å²) in [5, 5.41) is 25.2. The van der Waals surface area contributed by atoms with Crippen LogP contribution < -0.4 is 10.6 Å². The van der Waals surface area contributed by atoms with E-state index in [9.17, 15) is 33.0 Å². The molecule has 1 saturated carbocycles. The normalized spacial score (nSPS) is 25.4. The lowest BCUT2D eigenvalue weighted by Crippen LogP contribution is -2.49. The van der Waals surface area contributed by atoms with Crippen LogP contribution in [-0.2, 0) is 0 Å². The maximum absolute atomic E-state index is 13.5. The van der Waals surface area contributed by atoms with Gasteiger partial charge in [-0.25, -0.2) is 18.0 Å². The van der Waals surface area contributed by atoms with Crippen molar-refractivity contribution >= 4 is 41.0 Å². The molecule has 2 aromatic rings. The van der Waals surface area contributed by atoms with Gasteiger partial charge in [-0.1, -0.05) is 30.7 Å². The largest absolute Gasteiger partial charge is 0.388 e. The first-order valence-corrected chi connectivity index (χ1v) is 13.2. The number of aliphatic hydroxyl groups is 2. The van der Waals surface area contributed by atoms with Gasteiger partial charge in [0, 0.05) is 33.5 Å². The minimum Gasteiger partial charge on any atom is -0.388 e. The van der Waals surface area contributed by atoms with Gasteiger partial charge in [0.25, 0.3) is 5.91 Å². The number of halogens is 4. The van der Waals surface area contributed by atoms with E-state index in [1.165, 1.54) is 22.7 Å². The summed E-state index contributed by atoms with van der Waals surface area (Å²) in [6.07, 6.45) is -0.643. The Morgan fingerprint density at radius 3 is 2.34 bits per heavy atom. The van der Waals surface area contributed by atoms with Crippen LogP contribution in [-0.4, -0.2) is 63.6 Å². The Bertz CT molecular complexity index is 1230. The molecule has 2 fully saturated rings. The molecule has 4 rings (SSSR count). The molecule has 12 heteroatoms. The summed E-state index contributed by atoms with van der Waals surface area (Å²) >= 11 is 7.85. The van der Waals surface area contributed by atoms with Crippen LogP contribution in [0.15, 0.2) is 47.4 Å². The molecule has 7 nitrogen and oxygen atoms in total. The molecule has 0 spiro atoms. The lowest BCUT2D eigenvalue weighted by atomic mass is 9.82. The number of rotatable bonds is 5. The summed E-state index contributed by atoms with van der Waals surface area (Å²) < 4.78 is 40.2. The van der Waals surface area contributed by atoms with Crippen LogP contribution >= 0.6 is 23.4 Å². The summed E-state index contributed by atoms with van der Waals surface area (Å²) in [6, 6.07) is 5.33. The molecule has 5 atom stereocenters. The van der Waals surface area contributed by atoms with Gasteiger partial charge in [-0.3, -0.25) is 4.79 Å². The lowest BCUT2D eigenvalue weighted by Gasteiger charge is -2.37. The summed E-state index contributed by atoms with van der Waals surface area (Å²) in [5.74, 6) is -5.06. The zero-order valence-corrected chi connectivity index (χ0v) is 22.0. The van der Waals surface area contributed by atoms with Gasteiger partial charge in [0.1, 0.15) is 0 Å². The van der Waals surface area contributed by atoms with E-state index < -0.39 is 35.6 Å². The van der Waals surface area contributed by atoms with Gasteiger partial charge in [0.05, 0.1) is 36.4 Å². The van der Waals surface area contributed by atoms with E-state index in [1.54, 1.807) is 12.1 Å². The number of anilines is 1. The predicted octanol–water partition coefficient (Wildman–Crippen LogP) is 4.57. The molecule has 0 bridgehead atoms. The van der Waals surface area contributed by atoms with Gasteiger partial charge in [0.2, 0.25) is 0 Å². The Labute approximate surface area is 227 Å². The van der Waals surface area contributed by atoms with Crippen LogP contribution in [0.3, 0.4) is 0 Å². The van der Waals surface area contributed by atoms with Gasteiger partial charge in [-0.05, 0) is 37.0 Å². The SMILES string of the molecule is C=C1C[C@H](Sc2cc(C(=O)Nc3cc(F)c(F)c(F)c3)ccc2Cl)CC(C)[C@@H]1NC(=O)N1CC(O)C(O)C1. The highest BCUT2D eigenvalue weighted by Gasteiger charge is 2.36. The third kappa shape index (κ3) is 6.28. The average molecular weight is 570 g/mol. The van der Waals surface area contributed by atoms with Gasteiger partial charge >= 0.3 is 6.03 Å². The predicted molar refractivity (Wildman–Crippen MR) is 139 cm³/mol. The fourth-order valence-corrected chi connectivity index (χ4v) is 6.38. The summed E-state index contributed by atoms with van der Waals surface area (Å²) in [7, 11) is 0. The van der Waals surface area contributed by atoms with Crippen molar-refractivity contribution in [3.05, 3.63) is 70.5 Å². The first-order valence-electron chi connectivity index (χ1n) is 11.9. The van der Waals surface area contributed by atoms with Crippen LogP contribution in [0.2, 0.25) is 5.02 Å². The van der Waals surface area contributed by atoms with Crippen molar-refractivity contribution in [2.24, 2.45) is 5.92 Å². The molecular weight excluding hydrogens is 543 g/mol. The van der Waals surface area contributed by atoms with E-state index in [2.05, 4.69) is 17.2 Å². The number of hydrogen-bond donors (Lipinski definition) is 4. The van der Waals surface area contributed by atoms with Gasteiger partial charge < -0.3 is 25.7 Å². The topological polar surface area (TPSA) is 102 Å².